The average Bonchev–Trinajstić information content (AvgIpc) is 2.57. The molecule has 0 radical (unpaired) electrons. The summed E-state index contributed by atoms with van der Waals surface area (Å²) in [6, 6.07) is 26.2. The molecule has 1 aliphatic heterocycles. The Labute approximate surface area is 131 Å². The average molecular weight is 285 g/mol. The van der Waals surface area contributed by atoms with Crippen LogP contribution in [0, 0.1) is 6.92 Å². The highest BCUT2D eigenvalue weighted by Gasteiger charge is 2.21. The second-order valence-electron chi connectivity index (χ2n) is 5.96. The first kappa shape index (κ1) is 13.1. The molecule has 0 aromatic heterocycles. The van der Waals surface area contributed by atoms with Gasteiger partial charge < -0.3 is 4.90 Å². The molecule has 0 saturated carbocycles. The van der Waals surface area contributed by atoms with E-state index in [1.54, 1.807) is 0 Å². The number of rotatable bonds is 2. The zero-order chi connectivity index (χ0) is 14.9. The molecule has 0 saturated heterocycles. The molecule has 1 nitrogen and oxygen atoms in total. The van der Waals surface area contributed by atoms with Crippen molar-refractivity contribution in [1.82, 2.24) is 0 Å². The molecule has 22 heavy (non-hydrogen) atoms. The third kappa shape index (κ3) is 2.19. The molecule has 1 heterocycles. The standard InChI is InChI=1S/C21H19N/c1-16-8-2-3-9-17(16)14-22-15-18-10-4-5-11-19(18)20-12-6-7-13-21(20)22/h2-13H,14-15H2,1H3. The first-order chi connectivity index (χ1) is 10.8. The van der Waals surface area contributed by atoms with E-state index in [4.69, 9.17) is 0 Å². The van der Waals surface area contributed by atoms with Gasteiger partial charge in [0.1, 0.15) is 0 Å². The number of anilines is 1. The van der Waals surface area contributed by atoms with Crippen molar-refractivity contribution in [3.8, 4) is 11.1 Å². The van der Waals surface area contributed by atoms with Gasteiger partial charge in [-0.05, 0) is 35.2 Å². The van der Waals surface area contributed by atoms with Gasteiger partial charge >= 0.3 is 0 Å². The molecule has 0 amide bonds. The van der Waals surface area contributed by atoms with Gasteiger partial charge in [-0.15, -0.1) is 0 Å². The summed E-state index contributed by atoms with van der Waals surface area (Å²) in [7, 11) is 0. The molecule has 4 rings (SSSR count). The van der Waals surface area contributed by atoms with Crippen LogP contribution in [0.4, 0.5) is 5.69 Å². The van der Waals surface area contributed by atoms with Crippen LogP contribution in [0.15, 0.2) is 72.8 Å². The Morgan fingerprint density at radius 1 is 0.773 bits per heavy atom. The molecule has 0 atom stereocenters. The fraction of sp³-hybridized carbons (Fsp3) is 0.143. The number of nitrogens with zero attached hydrogens (tertiary/aromatic N) is 1. The third-order valence-electron chi connectivity index (χ3n) is 4.54. The van der Waals surface area contributed by atoms with Crippen molar-refractivity contribution in [1.29, 1.82) is 0 Å². The number of hydrogen-bond acceptors (Lipinski definition) is 1. The summed E-state index contributed by atoms with van der Waals surface area (Å²) in [5.74, 6) is 0. The maximum atomic E-state index is 2.49. The Morgan fingerprint density at radius 3 is 2.32 bits per heavy atom. The minimum absolute atomic E-state index is 0.956. The molecule has 108 valence electrons. The van der Waals surface area contributed by atoms with Crippen LogP contribution in [0.5, 0.6) is 0 Å². The van der Waals surface area contributed by atoms with Gasteiger partial charge in [-0.1, -0.05) is 66.7 Å². The molecule has 0 unspecified atom stereocenters. The van der Waals surface area contributed by atoms with Crippen LogP contribution >= 0.6 is 0 Å². The Hall–Kier alpha value is -2.54. The van der Waals surface area contributed by atoms with E-state index in [0.717, 1.165) is 13.1 Å². The van der Waals surface area contributed by atoms with Crippen molar-refractivity contribution < 1.29 is 0 Å². The second-order valence-corrected chi connectivity index (χ2v) is 5.96. The fourth-order valence-corrected chi connectivity index (χ4v) is 3.32. The highest BCUT2D eigenvalue weighted by atomic mass is 15.1. The van der Waals surface area contributed by atoms with E-state index < -0.39 is 0 Å². The number of hydrogen-bond donors (Lipinski definition) is 0. The van der Waals surface area contributed by atoms with Crippen LogP contribution in [-0.4, -0.2) is 0 Å². The van der Waals surface area contributed by atoms with Gasteiger partial charge in [0, 0.05) is 24.3 Å². The third-order valence-corrected chi connectivity index (χ3v) is 4.54. The molecule has 3 aromatic carbocycles. The zero-order valence-corrected chi connectivity index (χ0v) is 12.8. The highest BCUT2D eigenvalue weighted by Crippen LogP contribution is 2.39. The van der Waals surface area contributed by atoms with E-state index in [1.165, 1.54) is 33.5 Å². The van der Waals surface area contributed by atoms with Crippen LogP contribution in [-0.2, 0) is 13.1 Å². The van der Waals surface area contributed by atoms with Crippen LogP contribution in [0.2, 0.25) is 0 Å². The zero-order valence-electron chi connectivity index (χ0n) is 12.8. The van der Waals surface area contributed by atoms with E-state index in [9.17, 15) is 0 Å². The second kappa shape index (κ2) is 5.34. The van der Waals surface area contributed by atoms with Gasteiger partial charge in [0.05, 0.1) is 0 Å². The summed E-state index contributed by atoms with van der Waals surface area (Å²) in [5, 5.41) is 0. The molecule has 1 aliphatic rings. The maximum Gasteiger partial charge on any atom is 0.0452 e. The van der Waals surface area contributed by atoms with Crippen molar-refractivity contribution in [2.75, 3.05) is 4.90 Å². The molecule has 0 aliphatic carbocycles. The van der Waals surface area contributed by atoms with E-state index in [-0.39, 0.29) is 0 Å². The Morgan fingerprint density at radius 2 is 1.45 bits per heavy atom. The van der Waals surface area contributed by atoms with Gasteiger partial charge in [0.25, 0.3) is 0 Å². The molecule has 3 aromatic rings. The smallest absolute Gasteiger partial charge is 0.0452 e. The molecule has 0 fully saturated rings. The number of benzene rings is 3. The Bertz CT molecular complexity index is 819. The molecule has 1 heteroatoms. The first-order valence-corrected chi connectivity index (χ1v) is 7.80. The van der Waals surface area contributed by atoms with E-state index in [0.29, 0.717) is 0 Å². The number of aryl methyl sites for hydroxylation is 1. The molecule has 0 spiro atoms. The Balaban J connectivity index is 1.78. The lowest BCUT2D eigenvalue weighted by Crippen LogP contribution is -2.26. The van der Waals surface area contributed by atoms with Gasteiger partial charge in [0.2, 0.25) is 0 Å². The molecular formula is C21H19N. The van der Waals surface area contributed by atoms with Crippen molar-refractivity contribution in [2.45, 2.75) is 20.0 Å². The molecular weight excluding hydrogens is 266 g/mol. The van der Waals surface area contributed by atoms with Gasteiger partial charge in [-0.3, -0.25) is 0 Å². The summed E-state index contributed by atoms with van der Waals surface area (Å²) < 4.78 is 0. The van der Waals surface area contributed by atoms with Crippen LogP contribution < -0.4 is 4.90 Å². The van der Waals surface area contributed by atoms with E-state index >= 15 is 0 Å². The fourth-order valence-electron chi connectivity index (χ4n) is 3.32. The van der Waals surface area contributed by atoms with Crippen LogP contribution in [0.3, 0.4) is 0 Å². The van der Waals surface area contributed by atoms with E-state index in [1.807, 2.05) is 0 Å². The monoisotopic (exact) mass is 285 g/mol. The van der Waals surface area contributed by atoms with Crippen molar-refractivity contribution in [3.63, 3.8) is 0 Å². The van der Waals surface area contributed by atoms with Crippen LogP contribution in [0.25, 0.3) is 11.1 Å². The lowest BCUT2D eigenvalue weighted by atomic mass is 9.93. The normalized spacial score (nSPS) is 12.7. The summed E-state index contributed by atoms with van der Waals surface area (Å²) in [4.78, 5) is 2.49. The lowest BCUT2D eigenvalue weighted by Gasteiger charge is -2.33. The SMILES string of the molecule is Cc1ccccc1CN1Cc2ccccc2-c2ccccc21. The summed E-state index contributed by atoms with van der Waals surface area (Å²) >= 11 is 0. The minimum atomic E-state index is 0.956. The van der Waals surface area contributed by atoms with E-state index in [2.05, 4.69) is 84.6 Å². The number of para-hydroxylation sites is 1. The van der Waals surface area contributed by atoms with Crippen molar-refractivity contribution in [3.05, 3.63) is 89.5 Å². The van der Waals surface area contributed by atoms with Gasteiger partial charge in [-0.25, -0.2) is 0 Å². The number of fused-ring (bicyclic) bond motifs is 3. The maximum absolute atomic E-state index is 2.49. The van der Waals surface area contributed by atoms with Gasteiger partial charge in [-0.2, -0.15) is 0 Å². The predicted octanol–water partition coefficient (Wildman–Crippen LogP) is 5.18. The summed E-state index contributed by atoms with van der Waals surface area (Å²) in [6.45, 7) is 4.12. The Kier molecular flexibility index (Phi) is 3.19. The topological polar surface area (TPSA) is 3.24 Å². The highest BCUT2D eigenvalue weighted by molar-refractivity contribution is 5.83. The first-order valence-electron chi connectivity index (χ1n) is 7.80. The summed E-state index contributed by atoms with van der Waals surface area (Å²) in [6.07, 6.45) is 0. The predicted molar refractivity (Wildman–Crippen MR) is 92.9 cm³/mol. The lowest BCUT2D eigenvalue weighted by molar-refractivity contribution is 0.789. The minimum Gasteiger partial charge on any atom is -0.362 e. The van der Waals surface area contributed by atoms with Crippen molar-refractivity contribution >= 4 is 5.69 Å². The molecule has 0 bridgehead atoms. The quantitative estimate of drug-likeness (QED) is 0.627. The van der Waals surface area contributed by atoms with Gasteiger partial charge in [0.15, 0.2) is 0 Å². The van der Waals surface area contributed by atoms with Crippen molar-refractivity contribution in [2.24, 2.45) is 0 Å². The molecule has 0 N–H and O–H groups in total. The van der Waals surface area contributed by atoms with Crippen LogP contribution in [0.1, 0.15) is 16.7 Å². The summed E-state index contributed by atoms with van der Waals surface area (Å²) in [5.41, 5.74) is 8.23. The largest absolute Gasteiger partial charge is 0.362 e.